The number of aryl methyl sites for hydroxylation is 4. The number of halogens is 3. The number of hydrogen-bond donors (Lipinski definition) is 0. The van der Waals surface area contributed by atoms with Crippen LogP contribution < -0.4 is 52.8 Å². The third-order valence-electron chi connectivity index (χ3n) is 10.8. The van der Waals surface area contributed by atoms with E-state index in [-0.39, 0.29) is 42.3 Å². The van der Waals surface area contributed by atoms with Crippen molar-refractivity contribution < 1.29 is 57.7 Å². The maximum Gasteiger partial charge on any atom is -1.00 e. The van der Waals surface area contributed by atoms with Crippen molar-refractivity contribution in [1.29, 1.82) is 0 Å². The summed E-state index contributed by atoms with van der Waals surface area (Å²) < 4.78 is 1.52. The fourth-order valence-corrected chi connectivity index (χ4v) is 16.6. The summed E-state index contributed by atoms with van der Waals surface area (Å²) in [4.78, 5) is 0. The Bertz CT molecular complexity index is 1850. The molecule has 0 aliphatic heterocycles. The van der Waals surface area contributed by atoms with Gasteiger partial charge in [-0.05, 0) is 0 Å². The van der Waals surface area contributed by atoms with Gasteiger partial charge in [0.2, 0.25) is 0 Å². The van der Waals surface area contributed by atoms with E-state index in [1.807, 2.05) is 0 Å². The fourth-order valence-electron chi connectivity index (χ4n) is 8.47. The molecule has 0 saturated carbocycles. The van der Waals surface area contributed by atoms with Crippen LogP contribution in [0.1, 0.15) is 72.2 Å². The molecule has 5 aromatic rings. The van der Waals surface area contributed by atoms with E-state index in [9.17, 15) is 0 Å². The van der Waals surface area contributed by atoms with Gasteiger partial charge in [-0.15, -0.1) is 0 Å². The van der Waals surface area contributed by atoms with Gasteiger partial charge in [0.1, 0.15) is 0 Å². The first-order chi connectivity index (χ1) is 22.4. The number of rotatable bonds is 8. The van der Waals surface area contributed by atoms with Gasteiger partial charge in [0.25, 0.3) is 0 Å². The summed E-state index contributed by atoms with van der Waals surface area (Å²) in [5.41, 5.74) is 15.3. The molecule has 0 spiro atoms. The molecule has 1 aliphatic rings. The van der Waals surface area contributed by atoms with Crippen LogP contribution in [-0.4, -0.2) is 8.07 Å². The van der Waals surface area contributed by atoms with Crippen LogP contribution in [0.4, 0.5) is 0 Å². The second-order valence-corrected chi connectivity index (χ2v) is 19.3. The molecule has 0 N–H and O–H groups in total. The Hall–Kier alpha value is -2.62. The van der Waals surface area contributed by atoms with Crippen LogP contribution in [0.2, 0.25) is 5.04 Å². The third-order valence-corrected chi connectivity index (χ3v) is 18.1. The van der Waals surface area contributed by atoms with E-state index < -0.39 is 8.07 Å². The van der Waals surface area contributed by atoms with Crippen LogP contribution in [0, 0.1) is 27.7 Å². The largest absolute Gasteiger partial charge is 1.00 e. The van der Waals surface area contributed by atoms with Crippen molar-refractivity contribution in [2.75, 3.05) is 0 Å². The van der Waals surface area contributed by atoms with Gasteiger partial charge < -0.3 is 37.2 Å². The zero-order valence-corrected chi connectivity index (χ0v) is 35.3. The Morgan fingerprint density at radius 1 is 0.460 bits per heavy atom. The molecule has 0 amide bonds. The molecule has 6 rings (SSSR count). The molecule has 0 nitrogen and oxygen atoms in total. The average Bonchev–Trinajstić information content (AvgIpc) is 3.17. The van der Waals surface area contributed by atoms with E-state index in [0.717, 1.165) is 12.8 Å². The van der Waals surface area contributed by atoms with Crippen molar-refractivity contribution in [2.24, 2.45) is 0 Å². The summed E-state index contributed by atoms with van der Waals surface area (Å²) in [5.74, 6) is 0. The Balaban J connectivity index is 0.00000225. The van der Waals surface area contributed by atoms with Crippen molar-refractivity contribution in [1.82, 2.24) is 0 Å². The van der Waals surface area contributed by atoms with Gasteiger partial charge in [-0.3, -0.25) is 0 Å². The van der Waals surface area contributed by atoms with Crippen LogP contribution in [0.3, 0.4) is 0 Å². The van der Waals surface area contributed by atoms with Crippen molar-refractivity contribution in [3.05, 3.63) is 180 Å². The SMILES string of the molecule is CC1=C(C)C(C)([Si](c2cc(C)cc(C)c2)(c2cc(C)cc(C)c2)c2cc(Cc3ccccc3)cc(Cc3ccccc3)c2)[C]([Ti+3])=C1C.[Cl-].[Cl-].[Cl-]. The van der Waals surface area contributed by atoms with Crippen LogP contribution in [0.25, 0.3) is 0 Å². The predicted octanol–water partition coefficient (Wildman–Crippen LogP) is 0.515. The zero-order chi connectivity index (χ0) is 33.5. The molecule has 5 aromatic carbocycles. The van der Waals surface area contributed by atoms with Gasteiger partial charge in [0, 0.05) is 0 Å². The first kappa shape index (κ1) is 41.8. The summed E-state index contributed by atoms with van der Waals surface area (Å²) in [6, 6.07) is 44.5. The third kappa shape index (κ3) is 7.61. The van der Waals surface area contributed by atoms with Crippen LogP contribution in [0.15, 0.2) is 136 Å². The van der Waals surface area contributed by atoms with Crippen molar-refractivity contribution in [2.45, 2.75) is 73.3 Å². The minimum Gasteiger partial charge on any atom is -1.00 e. The van der Waals surface area contributed by atoms with E-state index in [0.29, 0.717) is 0 Å². The molecule has 256 valence electrons. The van der Waals surface area contributed by atoms with Crippen molar-refractivity contribution in [3.63, 3.8) is 0 Å². The summed E-state index contributed by atoms with van der Waals surface area (Å²) in [6.07, 6.45) is 1.83. The van der Waals surface area contributed by atoms with Gasteiger partial charge >= 0.3 is 298 Å². The fraction of sp³-hybridized carbons (Fsp3) is 0.244. The predicted molar refractivity (Wildman–Crippen MR) is 201 cm³/mol. The Labute approximate surface area is 332 Å². The van der Waals surface area contributed by atoms with Crippen LogP contribution in [0.5, 0.6) is 0 Å². The summed E-state index contributed by atoms with van der Waals surface area (Å²) in [6.45, 7) is 18.9. The van der Waals surface area contributed by atoms with E-state index in [1.54, 1.807) is 0 Å². The molecule has 0 aromatic heterocycles. The van der Waals surface area contributed by atoms with Gasteiger partial charge in [-0.2, -0.15) is 0 Å². The van der Waals surface area contributed by atoms with Gasteiger partial charge in [0.05, 0.1) is 0 Å². The summed E-state index contributed by atoms with van der Waals surface area (Å²) >= 11 is 2.43. The van der Waals surface area contributed by atoms with Gasteiger partial charge in [-0.1, -0.05) is 0 Å². The standard InChI is InChI=1S/C45H47Si.3ClH.Ti/c1-31-19-32(2)22-42(21-31)46(43-23-33(3)20-34(4)24-43,45(8)30-35(5)36(6)37(45)7)44-28-40(25-38-15-11-9-12-16-38)27-41(29-44)26-39-17-13-10-14-18-39;;;;/h9-24,27-29H,25-26H2,1-8H3;3*1H;/q;;;;+3/p-3. The van der Waals surface area contributed by atoms with Crippen LogP contribution >= 0.6 is 0 Å². The second kappa shape index (κ2) is 16.8. The van der Waals surface area contributed by atoms with Gasteiger partial charge in [0.15, 0.2) is 0 Å². The average molecular weight is 770 g/mol. The summed E-state index contributed by atoms with van der Waals surface area (Å²) in [7, 11) is -2.86. The first-order valence-corrected chi connectivity index (χ1v) is 19.7. The normalized spacial score (nSPS) is 15.7. The topological polar surface area (TPSA) is 0 Å². The molecule has 0 radical (unpaired) electrons. The Morgan fingerprint density at radius 3 is 1.16 bits per heavy atom. The Kier molecular flexibility index (Phi) is 14.1. The molecular weight excluding hydrogens is 723 g/mol. The molecule has 1 aliphatic carbocycles. The van der Waals surface area contributed by atoms with Crippen molar-refractivity contribution in [3.8, 4) is 0 Å². The zero-order valence-electron chi connectivity index (χ0n) is 30.5. The van der Waals surface area contributed by atoms with E-state index in [4.69, 9.17) is 0 Å². The molecular formula is C45H47Cl3SiTi. The quantitative estimate of drug-likeness (QED) is 0.160. The molecule has 0 fully saturated rings. The molecule has 0 saturated heterocycles. The molecule has 0 heterocycles. The first-order valence-electron chi connectivity index (χ1n) is 16.9. The molecule has 1 atom stereocenters. The van der Waals surface area contributed by atoms with E-state index in [2.05, 4.69) is 191 Å². The van der Waals surface area contributed by atoms with E-state index >= 15 is 0 Å². The van der Waals surface area contributed by atoms with Gasteiger partial charge in [-0.25, -0.2) is 0 Å². The number of benzene rings is 5. The maximum atomic E-state index is 2.61. The number of hydrogen-bond acceptors (Lipinski definition) is 0. The summed E-state index contributed by atoms with van der Waals surface area (Å²) in [5, 5.41) is 4.37. The van der Waals surface area contributed by atoms with Crippen LogP contribution in [-0.2, 0) is 33.3 Å². The maximum absolute atomic E-state index is 2.86. The minimum absolute atomic E-state index is 0. The van der Waals surface area contributed by atoms with Crippen molar-refractivity contribution >= 4 is 23.6 Å². The second-order valence-electron chi connectivity index (χ2n) is 14.2. The molecule has 1 unspecified atom stereocenters. The smallest absolute Gasteiger partial charge is 1.00 e. The molecule has 0 bridgehead atoms. The monoisotopic (exact) mass is 768 g/mol. The molecule has 50 heavy (non-hydrogen) atoms. The molecule has 5 heteroatoms. The Morgan fingerprint density at radius 2 is 0.820 bits per heavy atom. The van der Waals surface area contributed by atoms with E-state index in [1.165, 1.54) is 80.7 Å². The number of allylic oxidation sites excluding steroid dienone is 4. The minimum atomic E-state index is -2.86.